The number of hydrogen-bond acceptors (Lipinski definition) is 4. The summed E-state index contributed by atoms with van der Waals surface area (Å²) in [6.45, 7) is 11.2. The fraction of sp³-hybridized carbons (Fsp3) is 0.429. The van der Waals surface area contributed by atoms with E-state index in [0.717, 1.165) is 55.1 Å². The molecule has 0 unspecified atom stereocenters. The van der Waals surface area contributed by atoms with Crippen LogP contribution in [0.3, 0.4) is 0 Å². The predicted molar refractivity (Wildman–Crippen MR) is 104 cm³/mol. The molecule has 0 amide bonds. The molecule has 5 nitrogen and oxygen atoms in total. The monoisotopic (exact) mass is 350 g/mol. The van der Waals surface area contributed by atoms with Crippen LogP contribution in [0.2, 0.25) is 0 Å². The number of aromatic nitrogens is 1. The molecule has 136 valence electrons. The summed E-state index contributed by atoms with van der Waals surface area (Å²) in [5, 5.41) is 9.47. The average Bonchev–Trinajstić information content (AvgIpc) is 2.58. The van der Waals surface area contributed by atoms with Crippen molar-refractivity contribution in [2.24, 2.45) is 0 Å². The van der Waals surface area contributed by atoms with Crippen LogP contribution in [-0.2, 0) is 6.54 Å². The highest BCUT2D eigenvalue weighted by Crippen LogP contribution is 2.29. The molecule has 1 saturated heterocycles. The summed E-state index contributed by atoms with van der Waals surface area (Å²) in [5.74, 6) is 0. The van der Waals surface area contributed by atoms with Crippen LogP contribution in [0.5, 0.6) is 0 Å². The van der Waals surface area contributed by atoms with Crippen LogP contribution in [0.1, 0.15) is 27.9 Å². The first kappa shape index (κ1) is 18.4. The third-order valence-electron chi connectivity index (χ3n) is 5.24. The number of nitrogens with one attached hydrogen (secondary N) is 1. The maximum Gasteiger partial charge on any atom is 0.266 e. The molecule has 0 spiro atoms. The zero-order valence-corrected chi connectivity index (χ0v) is 16.0. The molecule has 1 aliphatic heterocycles. The summed E-state index contributed by atoms with van der Waals surface area (Å²) < 4.78 is 0. The van der Waals surface area contributed by atoms with Crippen molar-refractivity contribution >= 4 is 0 Å². The molecule has 0 radical (unpaired) electrons. The van der Waals surface area contributed by atoms with E-state index in [2.05, 4.69) is 47.0 Å². The van der Waals surface area contributed by atoms with Crippen molar-refractivity contribution in [1.82, 2.24) is 14.8 Å². The molecule has 0 aliphatic carbocycles. The Balaban J connectivity index is 2.02. The number of nitrogens with zero attached hydrogens (tertiary/aromatic N) is 3. The molecule has 0 atom stereocenters. The van der Waals surface area contributed by atoms with Crippen LogP contribution >= 0.6 is 0 Å². The standard InChI is InChI=1S/C21H26N4O/c1-14-9-15(2)18(19-10-16(3)23-21(26)20(19)12-22)11-17(14)13-25-7-5-24(4)6-8-25/h9-11H,5-8,13H2,1-4H3,(H,23,26). The Hall–Kier alpha value is -2.42. The quantitative estimate of drug-likeness (QED) is 0.924. The van der Waals surface area contributed by atoms with Gasteiger partial charge in [-0.2, -0.15) is 5.26 Å². The van der Waals surface area contributed by atoms with Crippen LogP contribution in [0, 0.1) is 32.1 Å². The van der Waals surface area contributed by atoms with Crippen molar-refractivity contribution in [3.63, 3.8) is 0 Å². The minimum Gasteiger partial charge on any atom is -0.325 e. The van der Waals surface area contributed by atoms with Gasteiger partial charge in [-0.05, 0) is 62.2 Å². The lowest BCUT2D eigenvalue weighted by atomic mass is 9.92. The largest absolute Gasteiger partial charge is 0.325 e. The smallest absolute Gasteiger partial charge is 0.266 e. The first-order valence-electron chi connectivity index (χ1n) is 9.04. The van der Waals surface area contributed by atoms with Crippen molar-refractivity contribution in [3.8, 4) is 17.2 Å². The minimum absolute atomic E-state index is 0.188. The maximum absolute atomic E-state index is 12.2. The summed E-state index contributed by atoms with van der Waals surface area (Å²) in [4.78, 5) is 19.7. The van der Waals surface area contributed by atoms with Gasteiger partial charge in [-0.25, -0.2) is 0 Å². The Morgan fingerprint density at radius 3 is 2.38 bits per heavy atom. The molecule has 26 heavy (non-hydrogen) atoms. The first-order valence-corrected chi connectivity index (χ1v) is 9.04. The number of hydrogen-bond donors (Lipinski definition) is 1. The number of nitriles is 1. The number of pyridine rings is 1. The Morgan fingerprint density at radius 2 is 1.73 bits per heavy atom. The number of piperazine rings is 1. The van der Waals surface area contributed by atoms with Crippen LogP contribution in [0.25, 0.3) is 11.1 Å². The van der Waals surface area contributed by atoms with E-state index in [1.165, 1.54) is 11.1 Å². The SMILES string of the molecule is Cc1cc(-c2cc(CN3CCN(C)CC3)c(C)cc2C)c(C#N)c(=O)[nH]1. The second-order valence-electron chi connectivity index (χ2n) is 7.35. The summed E-state index contributed by atoms with van der Waals surface area (Å²) >= 11 is 0. The molecule has 2 aromatic rings. The van der Waals surface area contributed by atoms with E-state index in [-0.39, 0.29) is 11.1 Å². The minimum atomic E-state index is -0.317. The van der Waals surface area contributed by atoms with E-state index in [1.54, 1.807) is 0 Å². The Morgan fingerprint density at radius 1 is 1.04 bits per heavy atom. The van der Waals surface area contributed by atoms with Crippen molar-refractivity contribution < 1.29 is 0 Å². The van der Waals surface area contributed by atoms with E-state index in [0.29, 0.717) is 0 Å². The molecule has 0 saturated carbocycles. The predicted octanol–water partition coefficient (Wildman–Crippen LogP) is 2.59. The summed E-state index contributed by atoms with van der Waals surface area (Å²) in [6.07, 6.45) is 0. The molecule has 5 heteroatoms. The topological polar surface area (TPSA) is 63.1 Å². The van der Waals surface area contributed by atoms with E-state index in [9.17, 15) is 10.1 Å². The summed E-state index contributed by atoms with van der Waals surface area (Å²) in [5.41, 5.74) is 5.95. The molecule has 1 aromatic carbocycles. The van der Waals surface area contributed by atoms with Gasteiger partial charge in [-0.15, -0.1) is 0 Å². The van der Waals surface area contributed by atoms with Crippen molar-refractivity contribution in [1.29, 1.82) is 5.26 Å². The van der Waals surface area contributed by atoms with E-state index < -0.39 is 0 Å². The van der Waals surface area contributed by atoms with Crippen LogP contribution < -0.4 is 5.56 Å². The highest BCUT2D eigenvalue weighted by molar-refractivity contribution is 5.74. The Kier molecular flexibility index (Phi) is 5.26. The number of aryl methyl sites for hydroxylation is 3. The van der Waals surface area contributed by atoms with Gasteiger partial charge < -0.3 is 9.88 Å². The fourth-order valence-corrected chi connectivity index (χ4v) is 3.62. The van der Waals surface area contributed by atoms with Crippen LogP contribution in [-0.4, -0.2) is 48.0 Å². The second-order valence-corrected chi connectivity index (χ2v) is 7.35. The third kappa shape index (κ3) is 3.72. The number of rotatable bonds is 3. The molecule has 1 aliphatic rings. The highest BCUT2D eigenvalue weighted by Gasteiger charge is 2.17. The van der Waals surface area contributed by atoms with Crippen LogP contribution in [0.15, 0.2) is 23.0 Å². The fourth-order valence-electron chi connectivity index (χ4n) is 3.62. The molecule has 3 rings (SSSR count). The van der Waals surface area contributed by atoms with Gasteiger partial charge in [0.15, 0.2) is 0 Å². The lowest BCUT2D eigenvalue weighted by molar-refractivity contribution is 0.148. The van der Waals surface area contributed by atoms with Crippen molar-refractivity contribution in [3.05, 3.63) is 56.5 Å². The molecule has 0 bridgehead atoms. The Labute approximate surface area is 154 Å². The van der Waals surface area contributed by atoms with Gasteiger partial charge in [0.1, 0.15) is 11.6 Å². The maximum atomic E-state index is 12.2. The Bertz CT molecular complexity index is 915. The van der Waals surface area contributed by atoms with Crippen molar-refractivity contribution in [2.75, 3.05) is 33.2 Å². The zero-order chi connectivity index (χ0) is 18.8. The lowest BCUT2D eigenvalue weighted by Crippen LogP contribution is -2.43. The van der Waals surface area contributed by atoms with Gasteiger partial charge >= 0.3 is 0 Å². The molecule has 2 heterocycles. The average molecular weight is 350 g/mol. The number of likely N-dealkylation sites (N-methyl/N-ethyl adjacent to an activating group) is 1. The first-order chi connectivity index (χ1) is 12.4. The van der Waals surface area contributed by atoms with Gasteiger partial charge in [0.2, 0.25) is 0 Å². The van der Waals surface area contributed by atoms with E-state index in [1.807, 2.05) is 19.9 Å². The molecular weight excluding hydrogens is 324 g/mol. The number of benzene rings is 1. The van der Waals surface area contributed by atoms with Gasteiger partial charge in [0, 0.05) is 44.0 Å². The molecular formula is C21H26N4O. The lowest BCUT2D eigenvalue weighted by Gasteiger charge is -2.32. The van der Waals surface area contributed by atoms with Gasteiger partial charge in [0.05, 0.1) is 0 Å². The van der Waals surface area contributed by atoms with Gasteiger partial charge in [0.25, 0.3) is 5.56 Å². The highest BCUT2D eigenvalue weighted by atomic mass is 16.1. The summed E-state index contributed by atoms with van der Waals surface area (Å²) in [6, 6.07) is 8.31. The molecule has 1 aromatic heterocycles. The summed E-state index contributed by atoms with van der Waals surface area (Å²) in [7, 11) is 2.16. The van der Waals surface area contributed by atoms with E-state index >= 15 is 0 Å². The molecule has 1 N–H and O–H groups in total. The number of H-pyrrole nitrogens is 1. The third-order valence-corrected chi connectivity index (χ3v) is 5.24. The van der Waals surface area contributed by atoms with Crippen LogP contribution in [0.4, 0.5) is 0 Å². The second kappa shape index (κ2) is 7.45. The number of aromatic amines is 1. The molecule has 1 fully saturated rings. The van der Waals surface area contributed by atoms with Gasteiger partial charge in [-0.1, -0.05) is 6.07 Å². The zero-order valence-electron chi connectivity index (χ0n) is 16.0. The van der Waals surface area contributed by atoms with E-state index in [4.69, 9.17) is 0 Å². The van der Waals surface area contributed by atoms with Gasteiger partial charge in [-0.3, -0.25) is 9.69 Å². The normalized spacial score (nSPS) is 15.8. The van der Waals surface area contributed by atoms with Crippen molar-refractivity contribution in [2.45, 2.75) is 27.3 Å².